The van der Waals surface area contributed by atoms with Crippen LogP contribution in [-0.4, -0.2) is 70.6 Å². The minimum Gasteiger partial charge on any atom is -0.481 e. The molecule has 220 valence electrons. The Labute approximate surface area is 244 Å². The van der Waals surface area contributed by atoms with Crippen molar-refractivity contribution in [3.63, 3.8) is 0 Å². The van der Waals surface area contributed by atoms with Crippen LogP contribution >= 0.6 is 17.6 Å². The number of aromatic nitrogens is 2. The SMILES string of the molecule is CCCCOCCCCOS[P+](=S)CCc1cc(OC)nc(NC(=O)NS(=O)(=O)c2ccccc2C(=O)OC)n1. The maximum atomic E-state index is 12.8. The van der Waals surface area contributed by atoms with Crippen molar-refractivity contribution >= 4 is 57.3 Å². The molecule has 0 aliphatic rings. The fourth-order valence-electron chi connectivity index (χ4n) is 3.10. The lowest BCUT2D eigenvalue weighted by atomic mass is 10.2. The van der Waals surface area contributed by atoms with E-state index in [1.807, 2.05) is 4.72 Å². The fourth-order valence-corrected chi connectivity index (χ4v) is 6.73. The molecular weight excluding hydrogens is 599 g/mol. The van der Waals surface area contributed by atoms with Gasteiger partial charge in [-0.05, 0) is 31.4 Å². The number of unbranched alkanes of at least 4 members (excludes halogenated alkanes) is 2. The standard InChI is InChI=1S/C24H33N4O8PS3/c1-4-5-13-35-14-8-9-15-36-39-37(38)16-12-18-17-21(33-2)26-23(25-18)27-24(30)28-40(31,32)20-11-7-6-10-19(20)22(29)34-3/h6-7,10-11,17H,4-5,8-9,12-16H2,1-3H3,(H-,25,26,27,28,30)/p+1. The van der Waals surface area contributed by atoms with E-state index < -0.39 is 32.8 Å². The Kier molecular flexibility index (Phi) is 15.3. The third-order valence-corrected chi connectivity index (χ3v) is 9.97. The molecule has 0 spiro atoms. The molecule has 1 aromatic carbocycles. The molecular formula is C24H34N4O8PS3+. The Balaban J connectivity index is 1.89. The van der Waals surface area contributed by atoms with E-state index in [4.69, 9.17) is 25.5 Å². The highest BCUT2D eigenvalue weighted by molar-refractivity contribution is 8.62. The van der Waals surface area contributed by atoms with Crippen LogP contribution in [0.25, 0.3) is 0 Å². The van der Waals surface area contributed by atoms with Crippen molar-refractivity contribution < 1.29 is 36.4 Å². The summed E-state index contributed by atoms with van der Waals surface area (Å²) in [6.45, 7) is 4.25. The molecule has 40 heavy (non-hydrogen) atoms. The van der Waals surface area contributed by atoms with E-state index in [0.717, 1.165) is 46.0 Å². The minimum absolute atomic E-state index is 0.165. The summed E-state index contributed by atoms with van der Waals surface area (Å²) >= 11 is 6.80. The van der Waals surface area contributed by atoms with Gasteiger partial charge in [0.1, 0.15) is 11.1 Å². The van der Waals surface area contributed by atoms with E-state index in [1.165, 1.54) is 43.0 Å². The molecule has 12 nitrogen and oxygen atoms in total. The first-order valence-corrected chi connectivity index (χ1v) is 17.8. The van der Waals surface area contributed by atoms with Gasteiger partial charge in [0, 0.05) is 25.7 Å². The first-order chi connectivity index (χ1) is 19.2. The van der Waals surface area contributed by atoms with Gasteiger partial charge < -0.3 is 14.2 Å². The summed E-state index contributed by atoms with van der Waals surface area (Å²) in [5.74, 6) is -1.75. The quantitative estimate of drug-likeness (QED) is 0.103. The predicted octanol–water partition coefficient (Wildman–Crippen LogP) is 4.45. The molecule has 0 saturated heterocycles. The molecule has 1 unspecified atom stereocenters. The monoisotopic (exact) mass is 633 g/mol. The largest absolute Gasteiger partial charge is 0.481 e. The first-order valence-electron chi connectivity index (χ1n) is 12.4. The Morgan fingerprint density at radius 2 is 1.80 bits per heavy atom. The van der Waals surface area contributed by atoms with Crippen LogP contribution < -0.4 is 14.8 Å². The third-order valence-electron chi connectivity index (χ3n) is 5.09. The van der Waals surface area contributed by atoms with Gasteiger partial charge in [-0.25, -0.2) is 27.7 Å². The number of nitrogens with one attached hydrogen (secondary N) is 2. The van der Waals surface area contributed by atoms with Gasteiger partial charge in [0.2, 0.25) is 11.8 Å². The number of rotatable bonds is 18. The van der Waals surface area contributed by atoms with Gasteiger partial charge in [-0.3, -0.25) is 9.50 Å². The van der Waals surface area contributed by atoms with Crippen LogP contribution in [0.15, 0.2) is 35.2 Å². The summed E-state index contributed by atoms with van der Waals surface area (Å²) in [4.78, 5) is 32.4. The summed E-state index contributed by atoms with van der Waals surface area (Å²) in [5, 5.41) is 2.29. The second-order valence-corrected chi connectivity index (χ2v) is 15.1. The molecule has 1 atom stereocenters. The first kappa shape index (κ1) is 33.8. The number of urea groups is 1. The number of sulfonamides is 1. The highest BCUT2D eigenvalue weighted by atomic mass is 32.9. The number of hydrogen-bond donors (Lipinski definition) is 2. The average molecular weight is 634 g/mol. The Morgan fingerprint density at radius 1 is 1.07 bits per heavy atom. The van der Waals surface area contributed by atoms with E-state index in [1.54, 1.807) is 6.07 Å². The van der Waals surface area contributed by atoms with Crippen molar-refractivity contribution in [3.8, 4) is 5.88 Å². The Bertz CT molecular complexity index is 1250. The van der Waals surface area contributed by atoms with Crippen LogP contribution in [0.3, 0.4) is 0 Å². The van der Waals surface area contributed by atoms with Crippen molar-refractivity contribution in [3.05, 3.63) is 41.6 Å². The molecule has 2 rings (SSSR count). The zero-order valence-corrected chi connectivity index (χ0v) is 25.9. The van der Waals surface area contributed by atoms with Crippen molar-refractivity contribution in [2.24, 2.45) is 0 Å². The van der Waals surface area contributed by atoms with Crippen molar-refractivity contribution in [1.29, 1.82) is 0 Å². The van der Waals surface area contributed by atoms with Crippen molar-refractivity contribution in [2.45, 2.75) is 43.9 Å². The molecule has 0 aliphatic carbocycles. The summed E-state index contributed by atoms with van der Waals surface area (Å²) in [7, 11) is -1.89. The number of carbonyl (C=O) groups is 2. The summed E-state index contributed by atoms with van der Waals surface area (Å²) < 4.78 is 48.3. The van der Waals surface area contributed by atoms with Gasteiger partial charge in [-0.2, -0.15) is 4.98 Å². The lowest BCUT2D eigenvalue weighted by Crippen LogP contribution is -2.35. The summed E-state index contributed by atoms with van der Waals surface area (Å²) in [6.07, 6.45) is 5.10. The maximum Gasteiger partial charge on any atom is 0.339 e. The number of nitrogens with zero attached hydrogens (tertiary/aromatic N) is 2. The van der Waals surface area contributed by atoms with E-state index in [2.05, 4.69) is 26.9 Å². The van der Waals surface area contributed by atoms with Crippen LogP contribution in [0.2, 0.25) is 0 Å². The normalized spacial score (nSPS) is 11.5. The molecule has 2 amide bonds. The summed E-state index contributed by atoms with van der Waals surface area (Å²) in [6, 6.07) is 5.83. The lowest BCUT2D eigenvalue weighted by Gasteiger charge is -2.11. The number of anilines is 1. The number of aryl methyl sites for hydroxylation is 1. The minimum atomic E-state index is -4.42. The zero-order valence-electron chi connectivity index (χ0n) is 22.6. The number of esters is 1. The number of carbonyl (C=O) groups excluding carboxylic acids is 2. The molecule has 0 fully saturated rings. The van der Waals surface area contributed by atoms with Gasteiger partial charge in [0.25, 0.3) is 27.6 Å². The molecule has 1 aromatic heterocycles. The van der Waals surface area contributed by atoms with Gasteiger partial charge in [-0.15, -0.1) is 0 Å². The molecule has 0 aliphatic heterocycles. The zero-order chi connectivity index (χ0) is 29.4. The van der Waals surface area contributed by atoms with Crippen LogP contribution in [0.5, 0.6) is 5.88 Å². The van der Waals surface area contributed by atoms with E-state index in [-0.39, 0.29) is 17.4 Å². The second kappa shape index (κ2) is 18.1. The van der Waals surface area contributed by atoms with Crippen LogP contribution in [0, 0.1) is 0 Å². The van der Waals surface area contributed by atoms with E-state index in [0.29, 0.717) is 24.9 Å². The number of ether oxygens (including phenoxy) is 3. The topological polar surface area (TPSA) is 155 Å². The smallest absolute Gasteiger partial charge is 0.339 e. The van der Waals surface area contributed by atoms with Crippen LogP contribution in [0.1, 0.15) is 48.7 Å². The average Bonchev–Trinajstić information content (AvgIpc) is 2.94. The highest BCUT2D eigenvalue weighted by Crippen LogP contribution is 2.39. The fraction of sp³-hybridized carbons (Fsp3) is 0.500. The highest BCUT2D eigenvalue weighted by Gasteiger charge is 2.25. The van der Waals surface area contributed by atoms with E-state index in [9.17, 15) is 18.0 Å². The Morgan fingerprint density at radius 3 is 2.52 bits per heavy atom. The van der Waals surface area contributed by atoms with Gasteiger partial charge >= 0.3 is 12.0 Å². The molecule has 0 saturated carbocycles. The van der Waals surface area contributed by atoms with Crippen molar-refractivity contribution in [1.82, 2.24) is 14.7 Å². The molecule has 2 aromatic rings. The molecule has 2 N–H and O–H groups in total. The van der Waals surface area contributed by atoms with Crippen molar-refractivity contribution in [2.75, 3.05) is 45.5 Å². The van der Waals surface area contributed by atoms with Gasteiger partial charge in [0.05, 0.1) is 32.1 Å². The number of methoxy groups -OCH3 is 2. The molecule has 1 heterocycles. The maximum absolute atomic E-state index is 12.8. The molecule has 16 heteroatoms. The molecule has 0 radical (unpaired) electrons. The summed E-state index contributed by atoms with van der Waals surface area (Å²) in [5.41, 5.74) is 0.326. The Hall–Kier alpha value is -2.42. The van der Waals surface area contributed by atoms with Crippen LogP contribution in [0.4, 0.5) is 10.7 Å². The van der Waals surface area contributed by atoms with Gasteiger partial charge in [-0.1, -0.05) is 25.5 Å². The molecule has 0 bridgehead atoms. The third kappa shape index (κ3) is 12.0. The number of amides is 2. The predicted molar refractivity (Wildman–Crippen MR) is 157 cm³/mol. The lowest BCUT2D eigenvalue weighted by molar-refractivity contribution is 0.0596. The van der Waals surface area contributed by atoms with E-state index >= 15 is 0 Å². The number of benzene rings is 1. The second-order valence-electron chi connectivity index (χ2n) is 8.15. The van der Waals surface area contributed by atoms with Crippen LogP contribution in [-0.2, 0) is 41.9 Å². The van der Waals surface area contributed by atoms with Gasteiger partial charge in [0.15, 0.2) is 11.8 Å². The number of hydrogen-bond acceptors (Lipinski definition) is 12.